The molecule has 1 aliphatic rings. The molecule has 6 heteroatoms. The van der Waals surface area contributed by atoms with E-state index in [0.29, 0.717) is 17.4 Å². The van der Waals surface area contributed by atoms with Gasteiger partial charge in [-0.1, -0.05) is 19.8 Å². The van der Waals surface area contributed by atoms with E-state index in [-0.39, 0.29) is 10.9 Å². The van der Waals surface area contributed by atoms with Crippen LogP contribution >= 0.6 is 0 Å². The summed E-state index contributed by atoms with van der Waals surface area (Å²) in [5, 5.41) is 0. The number of methoxy groups -OCH3 is 1. The summed E-state index contributed by atoms with van der Waals surface area (Å²) in [6.07, 6.45) is 3.98. The lowest BCUT2D eigenvalue weighted by Crippen LogP contribution is -2.38. The molecule has 21 heavy (non-hydrogen) atoms. The first-order valence-electron chi connectivity index (χ1n) is 7.30. The molecule has 2 atom stereocenters. The van der Waals surface area contributed by atoms with Crippen molar-refractivity contribution in [2.45, 2.75) is 50.5 Å². The van der Waals surface area contributed by atoms with Crippen molar-refractivity contribution < 1.29 is 13.2 Å². The average Bonchev–Trinajstić information content (AvgIpc) is 2.40. The van der Waals surface area contributed by atoms with Gasteiger partial charge in [-0.3, -0.25) is 0 Å². The predicted molar refractivity (Wildman–Crippen MR) is 83.9 cm³/mol. The Bertz CT molecular complexity index is 614. The third kappa shape index (κ3) is 3.68. The van der Waals surface area contributed by atoms with Gasteiger partial charge in [-0.15, -0.1) is 0 Å². The van der Waals surface area contributed by atoms with E-state index in [2.05, 4.69) is 11.6 Å². The first-order chi connectivity index (χ1) is 9.83. The second kappa shape index (κ2) is 6.23. The van der Waals surface area contributed by atoms with Crippen molar-refractivity contribution in [3.63, 3.8) is 0 Å². The number of rotatable bonds is 4. The predicted octanol–water partition coefficient (Wildman–Crippen LogP) is 2.44. The summed E-state index contributed by atoms with van der Waals surface area (Å²) < 4.78 is 33.2. The van der Waals surface area contributed by atoms with Crippen molar-refractivity contribution in [2.75, 3.05) is 12.8 Å². The largest absolute Gasteiger partial charge is 0.495 e. The van der Waals surface area contributed by atoms with Crippen LogP contribution in [0.3, 0.4) is 0 Å². The van der Waals surface area contributed by atoms with Crippen LogP contribution in [-0.2, 0) is 10.0 Å². The minimum absolute atomic E-state index is 0.00835. The number of ether oxygens (including phenoxy) is 1. The first kappa shape index (κ1) is 16.1. The van der Waals surface area contributed by atoms with Gasteiger partial charge < -0.3 is 10.5 Å². The van der Waals surface area contributed by atoms with Gasteiger partial charge in [0.05, 0.1) is 7.11 Å². The lowest BCUT2D eigenvalue weighted by atomic mass is 9.88. The normalized spacial score (nSPS) is 23.0. The Morgan fingerprint density at radius 3 is 2.67 bits per heavy atom. The molecular formula is C15H24N2O3S. The van der Waals surface area contributed by atoms with Gasteiger partial charge in [-0.05, 0) is 43.4 Å². The maximum atomic E-state index is 12.6. The minimum atomic E-state index is -3.62. The quantitative estimate of drug-likeness (QED) is 0.837. The molecule has 0 saturated heterocycles. The highest BCUT2D eigenvalue weighted by Crippen LogP contribution is 2.30. The van der Waals surface area contributed by atoms with Crippen molar-refractivity contribution in [2.24, 2.45) is 5.92 Å². The van der Waals surface area contributed by atoms with Gasteiger partial charge in [0.25, 0.3) is 0 Å². The zero-order valence-electron chi connectivity index (χ0n) is 12.8. The Kier molecular flexibility index (Phi) is 4.78. The van der Waals surface area contributed by atoms with Gasteiger partial charge in [0.1, 0.15) is 10.6 Å². The number of benzene rings is 1. The topological polar surface area (TPSA) is 81.4 Å². The Hall–Kier alpha value is -1.27. The molecule has 0 bridgehead atoms. The molecule has 1 aliphatic carbocycles. The van der Waals surface area contributed by atoms with Crippen LogP contribution in [0.4, 0.5) is 5.69 Å². The van der Waals surface area contributed by atoms with Crippen molar-refractivity contribution in [1.82, 2.24) is 4.72 Å². The van der Waals surface area contributed by atoms with E-state index in [4.69, 9.17) is 10.5 Å². The van der Waals surface area contributed by atoms with Gasteiger partial charge in [0.15, 0.2) is 0 Å². The van der Waals surface area contributed by atoms with E-state index in [1.165, 1.54) is 19.6 Å². The third-order valence-electron chi connectivity index (χ3n) is 4.10. The monoisotopic (exact) mass is 312 g/mol. The summed E-state index contributed by atoms with van der Waals surface area (Å²) >= 11 is 0. The van der Waals surface area contributed by atoms with Gasteiger partial charge in [-0.25, -0.2) is 13.1 Å². The number of nitrogens with one attached hydrogen (secondary N) is 1. The SMILES string of the molecule is COc1cc(C)c(N)cc1S(=O)(=O)NC1CCCC(C)C1. The summed E-state index contributed by atoms with van der Waals surface area (Å²) in [5.41, 5.74) is 7.10. The van der Waals surface area contributed by atoms with E-state index < -0.39 is 10.0 Å². The average molecular weight is 312 g/mol. The van der Waals surface area contributed by atoms with Crippen LogP contribution in [0, 0.1) is 12.8 Å². The van der Waals surface area contributed by atoms with Crippen LogP contribution in [0.2, 0.25) is 0 Å². The van der Waals surface area contributed by atoms with E-state index in [1.54, 1.807) is 6.07 Å². The van der Waals surface area contributed by atoms with Crippen LogP contribution in [0.1, 0.15) is 38.2 Å². The number of aryl methyl sites for hydroxylation is 1. The molecule has 0 aromatic heterocycles. The zero-order chi connectivity index (χ0) is 15.6. The number of hydrogen-bond acceptors (Lipinski definition) is 4. The molecule has 1 saturated carbocycles. The molecule has 0 amide bonds. The van der Waals surface area contributed by atoms with E-state index in [9.17, 15) is 8.42 Å². The van der Waals surface area contributed by atoms with E-state index in [1.807, 2.05) is 6.92 Å². The molecule has 3 N–H and O–H groups in total. The summed E-state index contributed by atoms with van der Waals surface area (Å²) in [7, 11) is -2.16. The lowest BCUT2D eigenvalue weighted by Gasteiger charge is -2.27. The molecule has 5 nitrogen and oxygen atoms in total. The van der Waals surface area contributed by atoms with Gasteiger partial charge in [0, 0.05) is 11.7 Å². The minimum Gasteiger partial charge on any atom is -0.495 e. The molecule has 0 radical (unpaired) electrons. The second-order valence-electron chi connectivity index (χ2n) is 5.95. The smallest absolute Gasteiger partial charge is 0.244 e. The molecule has 1 aromatic rings. The van der Waals surface area contributed by atoms with Crippen LogP contribution in [0.25, 0.3) is 0 Å². The Morgan fingerprint density at radius 1 is 1.33 bits per heavy atom. The molecule has 0 heterocycles. The Balaban J connectivity index is 2.29. The van der Waals surface area contributed by atoms with Crippen molar-refractivity contribution in [3.05, 3.63) is 17.7 Å². The maximum absolute atomic E-state index is 12.6. The lowest BCUT2D eigenvalue weighted by molar-refractivity contribution is 0.327. The third-order valence-corrected chi connectivity index (χ3v) is 5.64. The standard InChI is InChI=1S/C15H24N2O3S/c1-10-5-4-6-12(7-10)17-21(18,19)15-9-13(16)11(2)8-14(15)20-3/h8-10,12,17H,4-7,16H2,1-3H3. The Morgan fingerprint density at radius 2 is 2.05 bits per heavy atom. The number of anilines is 1. The maximum Gasteiger partial charge on any atom is 0.244 e. The van der Waals surface area contributed by atoms with Crippen LogP contribution in [0.5, 0.6) is 5.75 Å². The zero-order valence-corrected chi connectivity index (χ0v) is 13.7. The highest BCUT2D eigenvalue weighted by atomic mass is 32.2. The highest BCUT2D eigenvalue weighted by Gasteiger charge is 2.27. The van der Waals surface area contributed by atoms with E-state index in [0.717, 1.165) is 24.8 Å². The molecule has 0 aliphatic heterocycles. The fourth-order valence-corrected chi connectivity index (χ4v) is 4.34. The summed E-state index contributed by atoms with van der Waals surface area (Å²) in [6.45, 7) is 3.98. The number of nitrogens with two attached hydrogens (primary N) is 1. The fraction of sp³-hybridized carbons (Fsp3) is 0.600. The summed E-state index contributed by atoms with van der Waals surface area (Å²) in [6, 6.07) is 3.13. The number of nitrogen functional groups attached to an aromatic ring is 1. The number of hydrogen-bond donors (Lipinski definition) is 2. The van der Waals surface area contributed by atoms with Gasteiger partial charge >= 0.3 is 0 Å². The Labute approximate surface area is 126 Å². The van der Waals surface area contributed by atoms with E-state index >= 15 is 0 Å². The van der Waals surface area contributed by atoms with Crippen molar-refractivity contribution in [3.8, 4) is 5.75 Å². The second-order valence-corrected chi connectivity index (χ2v) is 7.63. The molecule has 2 unspecified atom stereocenters. The molecule has 2 rings (SSSR count). The fourth-order valence-electron chi connectivity index (χ4n) is 2.87. The molecule has 118 valence electrons. The molecule has 1 aromatic carbocycles. The van der Waals surface area contributed by atoms with Crippen LogP contribution in [0.15, 0.2) is 17.0 Å². The molecule has 1 fully saturated rings. The van der Waals surface area contributed by atoms with Crippen LogP contribution in [-0.4, -0.2) is 21.6 Å². The summed E-state index contributed by atoms with van der Waals surface area (Å²) in [5.74, 6) is 0.884. The van der Waals surface area contributed by atoms with Crippen molar-refractivity contribution >= 4 is 15.7 Å². The summed E-state index contributed by atoms with van der Waals surface area (Å²) in [4.78, 5) is 0.117. The van der Waals surface area contributed by atoms with Crippen molar-refractivity contribution in [1.29, 1.82) is 0 Å². The highest BCUT2D eigenvalue weighted by molar-refractivity contribution is 7.89. The molecule has 0 spiro atoms. The molecular weight excluding hydrogens is 288 g/mol. The first-order valence-corrected chi connectivity index (χ1v) is 8.78. The van der Waals surface area contributed by atoms with Gasteiger partial charge in [0.2, 0.25) is 10.0 Å². The van der Waals surface area contributed by atoms with Gasteiger partial charge in [-0.2, -0.15) is 0 Å². The van der Waals surface area contributed by atoms with Crippen LogP contribution < -0.4 is 15.2 Å². The number of sulfonamides is 1.